The first kappa shape index (κ1) is 24.2. The fraction of sp³-hybridized carbons (Fsp3) is 0.0741. The maximum absolute atomic E-state index is 12.2. The van der Waals surface area contributed by atoms with Crippen LogP contribution >= 0.6 is 35.0 Å². The molecule has 0 saturated carbocycles. The number of para-hydroxylation sites is 1. The van der Waals surface area contributed by atoms with E-state index in [0.29, 0.717) is 27.6 Å². The predicted molar refractivity (Wildman–Crippen MR) is 146 cm³/mol. The molecule has 2 heterocycles. The Bertz CT molecular complexity index is 1590. The molecule has 0 saturated heterocycles. The highest BCUT2D eigenvalue weighted by atomic mass is 35.5. The van der Waals surface area contributed by atoms with Crippen molar-refractivity contribution in [1.29, 1.82) is 0 Å². The Hall–Kier alpha value is -3.52. The highest BCUT2D eigenvalue weighted by molar-refractivity contribution is 8.04. The normalized spacial score (nSPS) is 11.8. The van der Waals surface area contributed by atoms with Crippen molar-refractivity contribution < 1.29 is 9.90 Å². The average Bonchev–Trinajstić information content (AvgIpc) is 3.44. The summed E-state index contributed by atoms with van der Waals surface area (Å²) in [4.78, 5) is 16.8. The van der Waals surface area contributed by atoms with Crippen molar-refractivity contribution in [2.45, 2.75) is 18.6 Å². The van der Waals surface area contributed by atoms with Gasteiger partial charge in [-0.1, -0.05) is 53.5 Å². The molecule has 0 aliphatic carbocycles. The molecule has 0 spiro atoms. The monoisotopic (exact) mass is 534 g/mol. The van der Waals surface area contributed by atoms with Gasteiger partial charge in [-0.3, -0.25) is 5.10 Å². The van der Waals surface area contributed by atoms with Crippen LogP contribution in [0.3, 0.4) is 0 Å². The molecule has 9 heteroatoms. The molecule has 2 N–H and O–H groups in total. The molecule has 0 fully saturated rings. The van der Waals surface area contributed by atoms with Crippen LogP contribution in [0.15, 0.2) is 82.9 Å². The number of aromatic nitrogens is 4. The van der Waals surface area contributed by atoms with E-state index in [2.05, 4.69) is 19.7 Å². The van der Waals surface area contributed by atoms with Gasteiger partial charge in [0.05, 0.1) is 0 Å². The van der Waals surface area contributed by atoms with Gasteiger partial charge >= 0.3 is 5.97 Å². The fourth-order valence-corrected chi connectivity index (χ4v) is 4.95. The van der Waals surface area contributed by atoms with Crippen LogP contribution in [0.2, 0.25) is 10.0 Å². The van der Waals surface area contributed by atoms with Crippen molar-refractivity contribution in [2.24, 2.45) is 0 Å². The zero-order chi connectivity index (χ0) is 25.2. The molecular weight excluding hydrogens is 515 g/mol. The molecule has 0 aliphatic rings. The molecule has 36 heavy (non-hydrogen) atoms. The zero-order valence-electron chi connectivity index (χ0n) is 19.1. The van der Waals surface area contributed by atoms with E-state index in [1.54, 1.807) is 18.2 Å². The van der Waals surface area contributed by atoms with Crippen molar-refractivity contribution in [2.75, 3.05) is 0 Å². The second-order valence-electron chi connectivity index (χ2n) is 8.12. The number of halogens is 2. The summed E-state index contributed by atoms with van der Waals surface area (Å²) in [6, 6.07) is 22.9. The van der Waals surface area contributed by atoms with Crippen molar-refractivity contribution in [3.63, 3.8) is 0 Å². The van der Waals surface area contributed by atoms with E-state index in [1.165, 1.54) is 0 Å². The minimum absolute atomic E-state index is 0.120. The van der Waals surface area contributed by atoms with Gasteiger partial charge in [0, 0.05) is 44.3 Å². The number of nitrogens with one attached hydrogen (secondary N) is 1. The summed E-state index contributed by atoms with van der Waals surface area (Å²) in [5.41, 5.74) is 4.73. The van der Waals surface area contributed by atoms with Gasteiger partial charge in [-0.05, 0) is 72.8 Å². The molecule has 0 radical (unpaired) electrons. The summed E-state index contributed by atoms with van der Waals surface area (Å²) in [5, 5.41) is 19.7. The number of fused-ring (bicyclic) bond motifs is 1. The van der Waals surface area contributed by atoms with Crippen LogP contribution in [0.1, 0.15) is 16.8 Å². The van der Waals surface area contributed by atoms with Crippen LogP contribution in [0, 0.1) is 6.92 Å². The van der Waals surface area contributed by atoms with Gasteiger partial charge in [-0.25, -0.2) is 9.78 Å². The Kier molecular flexibility index (Phi) is 6.87. The van der Waals surface area contributed by atoms with Gasteiger partial charge < -0.3 is 9.67 Å². The number of carboxylic acid groups (broad SMARTS) is 1. The number of benzene rings is 3. The van der Waals surface area contributed by atoms with Crippen molar-refractivity contribution >= 4 is 57.9 Å². The van der Waals surface area contributed by atoms with E-state index in [4.69, 9.17) is 23.2 Å². The first-order valence-electron chi connectivity index (χ1n) is 11.0. The number of aromatic amines is 1. The molecule has 6 nitrogen and oxygen atoms in total. The standard InChI is InChI=1S/C27H20Cl2N4O2S/c1-16-22(21-4-2-3-5-23(21)33(16)15-17-6-10-19(28)11-7-17)14-24(26(34)35)36-27-30-25(31-32-27)18-8-12-20(29)13-9-18/h2-14H,15H2,1H3,(H,34,35)(H,30,31,32)/b24-14-. The number of hydrogen-bond acceptors (Lipinski definition) is 4. The minimum atomic E-state index is -1.05. The van der Waals surface area contributed by atoms with Gasteiger partial charge in [0.2, 0.25) is 5.16 Å². The lowest BCUT2D eigenvalue weighted by Crippen LogP contribution is -2.02. The number of carboxylic acids is 1. The lowest BCUT2D eigenvalue weighted by molar-refractivity contribution is -0.131. The molecule has 0 bridgehead atoms. The van der Waals surface area contributed by atoms with Gasteiger partial charge in [-0.2, -0.15) is 0 Å². The number of thioether (sulfide) groups is 1. The van der Waals surface area contributed by atoms with Crippen molar-refractivity contribution in [1.82, 2.24) is 19.7 Å². The van der Waals surface area contributed by atoms with E-state index in [1.807, 2.05) is 67.6 Å². The van der Waals surface area contributed by atoms with Gasteiger partial charge in [-0.15, -0.1) is 5.10 Å². The van der Waals surface area contributed by atoms with Crippen LogP contribution in [-0.4, -0.2) is 30.8 Å². The number of rotatable bonds is 7. The fourth-order valence-electron chi connectivity index (χ4n) is 4.01. The summed E-state index contributed by atoms with van der Waals surface area (Å²) in [6.45, 7) is 2.63. The summed E-state index contributed by atoms with van der Waals surface area (Å²) in [7, 11) is 0. The second kappa shape index (κ2) is 10.2. The lowest BCUT2D eigenvalue weighted by Gasteiger charge is -2.09. The molecule has 0 aliphatic heterocycles. The SMILES string of the molecule is Cc1c(/C=C(\Sc2n[nH]c(-c3ccc(Cl)cc3)n2)C(=O)O)c2ccccc2n1Cc1ccc(Cl)cc1. The molecule has 5 aromatic rings. The highest BCUT2D eigenvalue weighted by Gasteiger charge is 2.18. The highest BCUT2D eigenvalue weighted by Crippen LogP contribution is 2.33. The van der Waals surface area contributed by atoms with E-state index < -0.39 is 5.97 Å². The first-order valence-corrected chi connectivity index (χ1v) is 12.6. The van der Waals surface area contributed by atoms with E-state index in [0.717, 1.165) is 45.0 Å². The smallest absolute Gasteiger partial charge is 0.342 e. The largest absolute Gasteiger partial charge is 0.477 e. The Morgan fingerprint density at radius 3 is 2.39 bits per heavy atom. The number of carbonyl (C=O) groups is 1. The van der Waals surface area contributed by atoms with Crippen LogP contribution in [0.4, 0.5) is 0 Å². The number of nitrogens with zero attached hydrogens (tertiary/aromatic N) is 3. The van der Waals surface area contributed by atoms with Gasteiger partial charge in [0.15, 0.2) is 5.82 Å². The Balaban J connectivity index is 1.50. The third-order valence-electron chi connectivity index (χ3n) is 5.80. The molecule has 0 unspecified atom stereocenters. The van der Waals surface area contributed by atoms with Crippen molar-refractivity contribution in [3.05, 3.63) is 105 Å². The van der Waals surface area contributed by atoms with Crippen LogP contribution in [0.25, 0.3) is 28.4 Å². The Labute approximate surface area is 221 Å². The van der Waals surface area contributed by atoms with Gasteiger partial charge in [0.1, 0.15) is 4.91 Å². The van der Waals surface area contributed by atoms with Crippen LogP contribution < -0.4 is 0 Å². The number of aliphatic carboxylic acids is 1. The van der Waals surface area contributed by atoms with Crippen molar-refractivity contribution in [3.8, 4) is 11.4 Å². The third-order valence-corrected chi connectivity index (χ3v) is 7.19. The summed E-state index contributed by atoms with van der Waals surface area (Å²) >= 11 is 13.0. The summed E-state index contributed by atoms with van der Waals surface area (Å²) in [6.07, 6.45) is 1.70. The van der Waals surface area contributed by atoms with Crippen LogP contribution in [-0.2, 0) is 11.3 Å². The zero-order valence-corrected chi connectivity index (χ0v) is 21.4. The quantitative estimate of drug-likeness (QED) is 0.169. The number of H-pyrrole nitrogens is 1. The molecule has 2 aromatic heterocycles. The minimum Gasteiger partial charge on any atom is -0.477 e. The maximum atomic E-state index is 12.2. The summed E-state index contributed by atoms with van der Waals surface area (Å²) < 4.78 is 2.18. The van der Waals surface area contributed by atoms with Crippen LogP contribution in [0.5, 0.6) is 0 Å². The van der Waals surface area contributed by atoms with Gasteiger partial charge in [0.25, 0.3) is 0 Å². The predicted octanol–water partition coefficient (Wildman–Crippen LogP) is 7.31. The lowest BCUT2D eigenvalue weighted by atomic mass is 10.1. The molecular formula is C27H20Cl2N4O2S. The molecule has 180 valence electrons. The van der Waals surface area contributed by atoms with E-state index in [-0.39, 0.29) is 4.91 Å². The average molecular weight is 535 g/mol. The Morgan fingerprint density at radius 2 is 1.69 bits per heavy atom. The summed E-state index contributed by atoms with van der Waals surface area (Å²) in [5.74, 6) is -0.513. The Morgan fingerprint density at radius 1 is 1.03 bits per heavy atom. The third kappa shape index (κ3) is 5.04. The maximum Gasteiger partial charge on any atom is 0.342 e. The number of hydrogen-bond donors (Lipinski definition) is 2. The molecule has 5 rings (SSSR count). The topological polar surface area (TPSA) is 83.8 Å². The molecule has 3 aromatic carbocycles. The first-order chi connectivity index (χ1) is 17.4. The second-order valence-corrected chi connectivity index (χ2v) is 10.0. The van der Waals surface area contributed by atoms with E-state index >= 15 is 0 Å². The van der Waals surface area contributed by atoms with E-state index in [9.17, 15) is 9.90 Å². The molecule has 0 atom stereocenters. The molecule has 0 amide bonds.